The first-order chi connectivity index (χ1) is 8.42. The Kier molecular flexibility index (Phi) is 4.75. The van der Waals surface area contributed by atoms with E-state index in [1.165, 1.54) is 0 Å². The van der Waals surface area contributed by atoms with Gasteiger partial charge in [-0.1, -0.05) is 29.8 Å². The van der Waals surface area contributed by atoms with Gasteiger partial charge in [0.05, 0.1) is 12.8 Å². The number of nitrogen functional groups attached to an aromatic ring is 1. The number of rotatable bonds is 4. The van der Waals surface area contributed by atoms with Crippen molar-refractivity contribution in [3.05, 3.63) is 28.6 Å². The summed E-state index contributed by atoms with van der Waals surface area (Å²) < 4.78 is 22.7. The van der Waals surface area contributed by atoms with Gasteiger partial charge in [0.15, 0.2) is 0 Å². The Hall–Kier alpha value is -1.53. The van der Waals surface area contributed by atoms with Crippen LogP contribution in [-0.2, 0) is 9.53 Å². The number of halogens is 3. The lowest BCUT2D eigenvalue weighted by atomic mass is 10.3. The van der Waals surface area contributed by atoms with Gasteiger partial charge in [-0.05, 0) is 6.08 Å². The molecule has 1 aromatic rings. The fourth-order valence-corrected chi connectivity index (χ4v) is 1.38. The lowest BCUT2D eigenvalue weighted by Crippen LogP contribution is -2.26. The largest absolute Gasteiger partial charge is 0.466 e. The molecule has 0 unspecified atom stereocenters. The van der Waals surface area contributed by atoms with Crippen LogP contribution in [0.15, 0.2) is 12.7 Å². The minimum absolute atomic E-state index is 0.197. The molecule has 8 heteroatoms. The van der Waals surface area contributed by atoms with Gasteiger partial charge in [0.25, 0.3) is 0 Å². The number of hydrogen-bond acceptors (Lipinski definition) is 5. The second kappa shape index (κ2) is 5.88. The Labute approximate surface area is 112 Å². The lowest BCUT2D eigenvalue weighted by molar-refractivity contribution is -0.146. The van der Waals surface area contributed by atoms with Gasteiger partial charge in [-0.2, -0.15) is 9.37 Å². The monoisotopic (exact) mass is 294 g/mol. The van der Waals surface area contributed by atoms with E-state index in [-0.39, 0.29) is 16.6 Å². The Bertz CT molecular complexity index is 497. The number of hydrogen-bond donors (Lipinski definition) is 1. The highest BCUT2D eigenvalue weighted by Crippen LogP contribution is 2.35. The summed E-state index contributed by atoms with van der Waals surface area (Å²) in [5.74, 6) is -2.16. The van der Waals surface area contributed by atoms with Gasteiger partial charge in [-0.15, -0.1) is 0 Å². The Balaban J connectivity index is 3.11. The van der Waals surface area contributed by atoms with E-state index in [1.54, 1.807) is 0 Å². The van der Waals surface area contributed by atoms with E-state index >= 15 is 0 Å². The van der Waals surface area contributed by atoms with Crippen LogP contribution in [0.1, 0.15) is 0 Å². The summed E-state index contributed by atoms with van der Waals surface area (Å²) >= 11 is 11.3. The Morgan fingerprint density at radius 2 is 2.17 bits per heavy atom. The number of esters is 1. The summed E-state index contributed by atoms with van der Waals surface area (Å²) in [6.45, 7) is 3.37. The predicted molar refractivity (Wildman–Crippen MR) is 65.3 cm³/mol. The molecule has 0 aliphatic rings. The number of carbonyl (C=O) groups is 1. The molecule has 5 nitrogen and oxygen atoms in total. The van der Waals surface area contributed by atoms with Crippen molar-refractivity contribution in [2.24, 2.45) is 0 Å². The molecule has 1 rings (SSSR count). The van der Waals surface area contributed by atoms with Crippen LogP contribution in [-0.4, -0.2) is 24.2 Å². The molecule has 1 atom stereocenters. The van der Waals surface area contributed by atoms with E-state index in [0.29, 0.717) is 0 Å². The number of ether oxygens (including phenoxy) is 2. The van der Waals surface area contributed by atoms with Crippen LogP contribution < -0.4 is 10.5 Å². The van der Waals surface area contributed by atoms with E-state index < -0.39 is 23.0 Å². The standard InChI is InChI=1S/C10H9Cl2FN2O3/c1-3-4(10(16)17-2)18-9-6(12)7(14)5(11)8(13)15-9/h3-4H,1H2,2H3,(H2,14,15)/t4-/m1/s1. The van der Waals surface area contributed by atoms with Crippen molar-refractivity contribution in [1.82, 2.24) is 4.98 Å². The average molecular weight is 295 g/mol. The van der Waals surface area contributed by atoms with Crippen molar-refractivity contribution < 1.29 is 18.7 Å². The first-order valence-electron chi connectivity index (χ1n) is 4.59. The molecule has 0 aliphatic heterocycles. The molecule has 0 radical (unpaired) electrons. The summed E-state index contributed by atoms with van der Waals surface area (Å²) in [6, 6.07) is 0. The SMILES string of the molecule is C=C[C@@H](Oc1nc(F)c(Cl)c(N)c1Cl)C(=O)OC. The zero-order chi connectivity index (χ0) is 13.9. The molecule has 0 spiro atoms. The zero-order valence-corrected chi connectivity index (χ0v) is 10.8. The van der Waals surface area contributed by atoms with E-state index in [2.05, 4.69) is 16.3 Å². The number of carbonyl (C=O) groups excluding carboxylic acids is 1. The molecule has 18 heavy (non-hydrogen) atoms. The van der Waals surface area contributed by atoms with Crippen LogP contribution in [0.25, 0.3) is 0 Å². The van der Waals surface area contributed by atoms with Crippen molar-refractivity contribution in [3.63, 3.8) is 0 Å². The number of methoxy groups -OCH3 is 1. The molecule has 0 fully saturated rings. The zero-order valence-electron chi connectivity index (χ0n) is 9.25. The summed E-state index contributed by atoms with van der Waals surface area (Å²) in [6.07, 6.45) is -0.0352. The summed E-state index contributed by atoms with van der Waals surface area (Å²) in [5, 5.41) is -0.613. The number of anilines is 1. The molecule has 0 bridgehead atoms. The highest BCUT2D eigenvalue weighted by molar-refractivity contribution is 6.39. The topological polar surface area (TPSA) is 74.4 Å². The first kappa shape index (κ1) is 14.5. The number of nitrogens with two attached hydrogens (primary N) is 1. The molecular weight excluding hydrogens is 286 g/mol. The van der Waals surface area contributed by atoms with E-state index in [9.17, 15) is 9.18 Å². The minimum Gasteiger partial charge on any atom is -0.466 e. The van der Waals surface area contributed by atoms with Gasteiger partial charge in [0.2, 0.25) is 17.9 Å². The van der Waals surface area contributed by atoms with Gasteiger partial charge >= 0.3 is 5.97 Å². The van der Waals surface area contributed by atoms with Crippen LogP contribution >= 0.6 is 23.2 Å². The molecule has 0 saturated carbocycles. The van der Waals surface area contributed by atoms with Crippen LogP contribution in [0.2, 0.25) is 10.0 Å². The highest BCUT2D eigenvalue weighted by atomic mass is 35.5. The fraction of sp³-hybridized carbons (Fsp3) is 0.200. The predicted octanol–water partition coefficient (Wildman–Crippen LogP) is 2.22. The average Bonchev–Trinajstić information content (AvgIpc) is 2.38. The summed E-state index contributed by atoms with van der Waals surface area (Å²) in [4.78, 5) is 14.6. The van der Waals surface area contributed by atoms with Crippen LogP contribution in [0, 0.1) is 5.95 Å². The van der Waals surface area contributed by atoms with Crippen LogP contribution in [0.3, 0.4) is 0 Å². The third-order valence-electron chi connectivity index (χ3n) is 1.93. The molecule has 98 valence electrons. The lowest BCUT2D eigenvalue weighted by Gasteiger charge is -2.14. The summed E-state index contributed by atoms with van der Waals surface area (Å²) in [5.41, 5.74) is 5.22. The van der Waals surface area contributed by atoms with Crippen molar-refractivity contribution in [2.75, 3.05) is 12.8 Å². The molecule has 0 saturated heterocycles. The van der Waals surface area contributed by atoms with E-state index in [1.807, 2.05) is 0 Å². The second-order valence-electron chi connectivity index (χ2n) is 3.05. The highest BCUT2D eigenvalue weighted by Gasteiger charge is 2.22. The van der Waals surface area contributed by atoms with Crippen molar-refractivity contribution >= 4 is 34.9 Å². The molecule has 0 aliphatic carbocycles. The maximum atomic E-state index is 13.3. The summed E-state index contributed by atoms with van der Waals surface area (Å²) in [7, 11) is 1.16. The molecule has 0 aromatic carbocycles. The third kappa shape index (κ3) is 2.83. The van der Waals surface area contributed by atoms with Gasteiger partial charge in [-0.3, -0.25) is 0 Å². The Morgan fingerprint density at radius 1 is 1.56 bits per heavy atom. The molecule has 2 N–H and O–H groups in total. The van der Waals surface area contributed by atoms with Gasteiger partial charge in [-0.25, -0.2) is 4.79 Å². The number of aromatic nitrogens is 1. The smallest absolute Gasteiger partial charge is 0.351 e. The number of nitrogens with zero attached hydrogens (tertiary/aromatic N) is 1. The first-order valence-corrected chi connectivity index (χ1v) is 5.35. The third-order valence-corrected chi connectivity index (χ3v) is 2.65. The Morgan fingerprint density at radius 3 is 2.67 bits per heavy atom. The molecule has 0 amide bonds. The molecule has 1 heterocycles. The molecular formula is C10H9Cl2FN2O3. The van der Waals surface area contributed by atoms with Gasteiger partial charge in [0.1, 0.15) is 10.0 Å². The normalized spacial score (nSPS) is 11.8. The second-order valence-corrected chi connectivity index (χ2v) is 3.80. The van der Waals surface area contributed by atoms with E-state index in [4.69, 9.17) is 33.7 Å². The van der Waals surface area contributed by atoms with Crippen molar-refractivity contribution in [3.8, 4) is 5.88 Å². The maximum absolute atomic E-state index is 13.3. The molecule has 1 aromatic heterocycles. The minimum atomic E-state index is -1.18. The van der Waals surface area contributed by atoms with Crippen molar-refractivity contribution in [1.29, 1.82) is 0 Å². The fourth-order valence-electron chi connectivity index (χ4n) is 1.02. The van der Waals surface area contributed by atoms with E-state index in [0.717, 1.165) is 13.2 Å². The van der Waals surface area contributed by atoms with Gasteiger partial charge in [0, 0.05) is 0 Å². The quantitative estimate of drug-likeness (QED) is 0.523. The van der Waals surface area contributed by atoms with Crippen molar-refractivity contribution in [2.45, 2.75) is 6.10 Å². The van der Waals surface area contributed by atoms with Gasteiger partial charge < -0.3 is 15.2 Å². The van der Waals surface area contributed by atoms with Crippen LogP contribution in [0.5, 0.6) is 5.88 Å². The maximum Gasteiger partial charge on any atom is 0.351 e. The van der Waals surface area contributed by atoms with Crippen LogP contribution in [0.4, 0.5) is 10.1 Å². The number of pyridine rings is 1.